The van der Waals surface area contributed by atoms with Crippen molar-refractivity contribution in [3.63, 3.8) is 0 Å². The zero-order chi connectivity index (χ0) is 15.3. The van der Waals surface area contributed by atoms with E-state index in [-0.39, 0.29) is 21.2 Å². The fourth-order valence-electron chi connectivity index (χ4n) is 1.75. The summed E-state index contributed by atoms with van der Waals surface area (Å²) < 4.78 is 25.3. The highest BCUT2D eigenvalue weighted by Crippen LogP contribution is 2.34. The van der Waals surface area contributed by atoms with Gasteiger partial charge in [0.05, 0.1) is 9.79 Å². The van der Waals surface area contributed by atoms with E-state index in [1.54, 1.807) is 12.1 Å². The van der Waals surface area contributed by atoms with Crippen LogP contribution in [0.4, 0.5) is 11.4 Å². The Labute approximate surface area is 120 Å². The molecule has 0 unspecified atom stereocenters. The molecule has 0 radical (unpaired) electrons. The van der Waals surface area contributed by atoms with Gasteiger partial charge < -0.3 is 10.4 Å². The first-order chi connectivity index (χ1) is 10.1. The summed E-state index contributed by atoms with van der Waals surface area (Å²) in [7, 11) is -3.97. The van der Waals surface area contributed by atoms with Crippen molar-refractivity contribution in [3.8, 4) is 0 Å². The number of hydrogen-bond donors (Lipinski definition) is 2. The molecular formula is C12H10N4O4S. The quantitative estimate of drug-likeness (QED) is 0.662. The fraction of sp³-hybridized carbons (Fsp3) is 0. The van der Waals surface area contributed by atoms with Crippen LogP contribution >= 0.6 is 0 Å². The van der Waals surface area contributed by atoms with E-state index in [0.29, 0.717) is 0 Å². The minimum Gasteiger partial charge on any atom is -0.394 e. The molecule has 0 saturated carbocycles. The van der Waals surface area contributed by atoms with E-state index in [4.69, 9.17) is 10.4 Å². The SMILES string of the molecule is O=S(=O)(c1ccccc1/N=N/O)c1ccccc1/N=N/O. The predicted molar refractivity (Wildman–Crippen MR) is 70.9 cm³/mol. The van der Waals surface area contributed by atoms with Crippen LogP contribution in [0.25, 0.3) is 0 Å². The van der Waals surface area contributed by atoms with Gasteiger partial charge in [-0.2, -0.15) is 0 Å². The summed E-state index contributed by atoms with van der Waals surface area (Å²) in [5.74, 6) is 0. The molecule has 0 aliphatic carbocycles. The van der Waals surface area contributed by atoms with Gasteiger partial charge in [-0.3, -0.25) is 0 Å². The van der Waals surface area contributed by atoms with E-state index >= 15 is 0 Å². The van der Waals surface area contributed by atoms with Gasteiger partial charge in [-0.15, -0.1) is 10.2 Å². The Bertz CT molecular complexity index is 741. The first-order valence-electron chi connectivity index (χ1n) is 5.64. The third-order valence-corrected chi connectivity index (χ3v) is 4.46. The van der Waals surface area contributed by atoms with Gasteiger partial charge in [-0.05, 0) is 24.3 Å². The third-order valence-electron chi connectivity index (χ3n) is 2.61. The zero-order valence-electron chi connectivity index (χ0n) is 10.5. The summed E-state index contributed by atoms with van der Waals surface area (Å²) >= 11 is 0. The maximum absolute atomic E-state index is 12.7. The highest BCUT2D eigenvalue weighted by Gasteiger charge is 2.24. The van der Waals surface area contributed by atoms with E-state index in [1.807, 2.05) is 0 Å². The standard InChI is InChI=1S/C12H10N4O4S/c17-15-13-9-5-1-3-7-11(9)21(19,20)12-8-4-2-6-10(12)14-16-18/h1-8H,(H,13,17)(H,14,18). The monoisotopic (exact) mass is 306 g/mol. The maximum Gasteiger partial charge on any atom is 0.211 e. The number of sulfone groups is 1. The molecule has 2 rings (SSSR count). The molecule has 8 nitrogen and oxygen atoms in total. The molecule has 21 heavy (non-hydrogen) atoms. The minimum absolute atomic E-state index is 0.0178. The van der Waals surface area contributed by atoms with Crippen molar-refractivity contribution in [2.75, 3.05) is 0 Å². The summed E-state index contributed by atoms with van der Waals surface area (Å²) in [6.45, 7) is 0. The Morgan fingerprint density at radius 2 is 1.10 bits per heavy atom. The average Bonchev–Trinajstić information content (AvgIpc) is 2.49. The largest absolute Gasteiger partial charge is 0.394 e. The van der Waals surface area contributed by atoms with Crippen LogP contribution in [0, 0.1) is 0 Å². The molecule has 2 aromatic carbocycles. The predicted octanol–water partition coefficient (Wildman–Crippen LogP) is 3.47. The Morgan fingerprint density at radius 3 is 1.48 bits per heavy atom. The molecular weight excluding hydrogens is 296 g/mol. The van der Waals surface area contributed by atoms with Crippen molar-refractivity contribution in [3.05, 3.63) is 48.5 Å². The third kappa shape index (κ3) is 2.87. The van der Waals surface area contributed by atoms with E-state index < -0.39 is 9.84 Å². The van der Waals surface area contributed by atoms with Crippen LogP contribution in [-0.2, 0) is 9.84 Å². The van der Waals surface area contributed by atoms with Gasteiger partial charge in [0.15, 0.2) is 0 Å². The molecule has 0 aromatic heterocycles. The number of hydrogen-bond acceptors (Lipinski definition) is 6. The Morgan fingerprint density at radius 1 is 0.714 bits per heavy atom. The van der Waals surface area contributed by atoms with Crippen LogP contribution in [0.15, 0.2) is 79.1 Å². The van der Waals surface area contributed by atoms with Crippen LogP contribution in [0.2, 0.25) is 0 Å². The molecule has 2 aromatic rings. The van der Waals surface area contributed by atoms with Gasteiger partial charge in [0, 0.05) is 10.6 Å². The second kappa shape index (κ2) is 6.09. The van der Waals surface area contributed by atoms with E-state index in [1.165, 1.54) is 36.4 Å². The Kier molecular flexibility index (Phi) is 4.24. The van der Waals surface area contributed by atoms with Crippen molar-refractivity contribution in [2.45, 2.75) is 9.79 Å². The minimum atomic E-state index is -3.97. The lowest BCUT2D eigenvalue weighted by molar-refractivity contribution is 0.288. The lowest BCUT2D eigenvalue weighted by atomic mass is 10.3. The normalized spacial score (nSPS) is 12.2. The van der Waals surface area contributed by atoms with Crippen LogP contribution in [0.3, 0.4) is 0 Å². The van der Waals surface area contributed by atoms with Crippen LogP contribution < -0.4 is 0 Å². The molecule has 0 amide bonds. The van der Waals surface area contributed by atoms with Crippen LogP contribution in [0.5, 0.6) is 0 Å². The molecule has 0 atom stereocenters. The number of nitrogens with zero attached hydrogens (tertiary/aromatic N) is 4. The molecule has 2 N–H and O–H groups in total. The first-order valence-corrected chi connectivity index (χ1v) is 7.13. The van der Waals surface area contributed by atoms with Crippen LogP contribution in [-0.4, -0.2) is 18.8 Å². The highest BCUT2D eigenvalue weighted by atomic mass is 32.2. The summed E-state index contributed by atoms with van der Waals surface area (Å²) in [6.07, 6.45) is 0. The van der Waals surface area contributed by atoms with Crippen molar-refractivity contribution in [1.82, 2.24) is 0 Å². The van der Waals surface area contributed by atoms with Crippen LogP contribution in [0.1, 0.15) is 0 Å². The summed E-state index contributed by atoms with van der Waals surface area (Å²) in [5.41, 5.74) is -0.0357. The fourth-order valence-corrected chi connectivity index (χ4v) is 3.27. The number of rotatable bonds is 4. The molecule has 9 heteroatoms. The lowest BCUT2D eigenvalue weighted by Gasteiger charge is -2.08. The summed E-state index contributed by atoms with van der Waals surface area (Å²) in [5, 5.41) is 29.0. The van der Waals surface area contributed by atoms with Crippen molar-refractivity contribution >= 4 is 21.2 Å². The summed E-state index contributed by atoms with van der Waals surface area (Å²) in [6, 6.07) is 11.6. The second-order valence-electron chi connectivity index (χ2n) is 3.82. The molecule has 0 bridgehead atoms. The van der Waals surface area contributed by atoms with Crippen molar-refractivity contribution in [2.24, 2.45) is 20.8 Å². The molecule has 0 aliphatic heterocycles. The first kappa shape index (κ1) is 14.6. The molecule has 0 spiro atoms. The van der Waals surface area contributed by atoms with Crippen molar-refractivity contribution < 1.29 is 18.8 Å². The van der Waals surface area contributed by atoms with Gasteiger partial charge >= 0.3 is 0 Å². The van der Waals surface area contributed by atoms with Gasteiger partial charge in [0.1, 0.15) is 11.4 Å². The van der Waals surface area contributed by atoms with Gasteiger partial charge in [-0.1, -0.05) is 24.3 Å². The molecule has 0 fully saturated rings. The maximum atomic E-state index is 12.7. The summed E-state index contributed by atoms with van der Waals surface area (Å²) in [4.78, 5) is -0.299. The molecule has 0 aliphatic rings. The smallest absolute Gasteiger partial charge is 0.211 e. The average molecular weight is 306 g/mol. The van der Waals surface area contributed by atoms with Gasteiger partial charge in [0.2, 0.25) is 9.84 Å². The second-order valence-corrected chi connectivity index (χ2v) is 5.70. The number of benzene rings is 2. The molecule has 0 saturated heterocycles. The molecule has 108 valence electrons. The zero-order valence-corrected chi connectivity index (χ0v) is 11.3. The Balaban J connectivity index is 2.69. The van der Waals surface area contributed by atoms with E-state index in [9.17, 15) is 8.42 Å². The molecule has 0 heterocycles. The van der Waals surface area contributed by atoms with E-state index in [0.717, 1.165) is 0 Å². The van der Waals surface area contributed by atoms with Gasteiger partial charge in [0.25, 0.3) is 0 Å². The Hall–Kier alpha value is -2.81. The van der Waals surface area contributed by atoms with Crippen molar-refractivity contribution in [1.29, 1.82) is 0 Å². The topological polar surface area (TPSA) is 124 Å². The van der Waals surface area contributed by atoms with E-state index in [2.05, 4.69) is 20.8 Å². The highest BCUT2D eigenvalue weighted by molar-refractivity contribution is 7.91. The van der Waals surface area contributed by atoms with Gasteiger partial charge in [-0.25, -0.2) is 8.42 Å². The lowest BCUT2D eigenvalue weighted by Crippen LogP contribution is -2.02.